The summed E-state index contributed by atoms with van der Waals surface area (Å²) in [7, 11) is -2.44. The Balaban J connectivity index is 2.02. The van der Waals surface area contributed by atoms with E-state index < -0.39 is 21.7 Å². The monoisotopic (exact) mass is 368 g/mol. The zero-order valence-corrected chi connectivity index (χ0v) is 14.9. The third-order valence-electron chi connectivity index (χ3n) is 4.50. The van der Waals surface area contributed by atoms with Gasteiger partial charge in [-0.3, -0.25) is 9.36 Å². The Morgan fingerprint density at radius 1 is 1.36 bits per heavy atom. The number of hydrogen-bond donors (Lipinski definition) is 0. The van der Waals surface area contributed by atoms with Crippen LogP contribution in [0, 0.1) is 0 Å². The molecule has 0 bridgehead atoms. The lowest BCUT2D eigenvalue weighted by molar-refractivity contribution is -0.141. The van der Waals surface area contributed by atoms with Crippen LogP contribution in [0.5, 0.6) is 0 Å². The molecule has 9 heteroatoms. The van der Waals surface area contributed by atoms with Crippen LogP contribution in [-0.2, 0) is 26.1 Å². The maximum atomic E-state index is 12.9. The normalized spacial score (nSPS) is 19.2. The number of benzene rings is 1. The second-order valence-corrected chi connectivity index (χ2v) is 8.01. The number of methoxy groups -OCH3 is 1. The van der Waals surface area contributed by atoms with Crippen molar-refractivity contribution in [3.63, 3.8) is 0 Å². The highest BCUT2D eigenvalue weighted by atomic mass is 32.2. The van der Waals surface area contributed by atoms with E-state index in [9.17, 15) is 18.0 Å². The highest BCUT2D eigenvalue weighted by molar-refractivity contribution is 7.89. The summed E-state index contributed by atoms with van der Waals surface area (Å²) in [4.78, 5) is 23.4. The molecule has 1 fully saturated rings. The van der Waals surface area contributed by atoms with E-state index in [4.69, 9.17) is 4.42 Å². The number of nitrogens with zero attached hydrogens (tertiary/aromatic N) is 2. The number of hydrogen-bond acceptors (Lipinski definition) is 6. The summed E-state index contributed by atoms with van der Waals surface area (Å²) < 4.78 is 38.0. The van der Waals surface area contributed by atoms with Gasteiger partial charge < -0.3 is 9.15 Å². The van der Waals surface area contributed by atoms with Gasteiger partial charge in [-0.15, -0.1) is 0 Å². The number of oxazole rings is 1. The average molecular weight is 368 g/mol. The van der Waals surface area contributed by atoms with Crippen LogP contribution < -0.4 is 5.76 Å². The molecule has 1 aromatic heterocycles. The summed E-state index contributed by atoms with van der Waals surface area (Å²) in [5.41, 5.74) is 0.473. The summed E-state index contributed by atoms with van der Waals surface area (Å²) in [5.74, 6) is -1.33. The van der Waals surface area contributed by atoms with Crippen molar-refractivity contribution in [1.82, 2.24) is 8.87 Å². The number of aromatic nitrogens is 1. The fraction of sp³-hybridized carbons (Fsp3) is 0.500. The zero-order chi connectivity index (χ0) is 18.2. The van der Waals surface area contributed by atoms with Gasteiger partial charge in [-0.25, -0.2) is 13.2 Å². The Morgan fingerprint density at radius 2 is 2.12 bits per heavy atom. The van der Waals surface area contributed by atoms with E-state index >= 15 is 0 Å². The smallest absolute Gasteiger partial charge is 0.420 e. The molecule has 0 aliphatic carbocycles. The lowest BCUT2D eigenvalue weighted by Gasteiger charge is -2.32. The van der Waals surface area contributed by atoms with E-state index in [2.05, 4.69) is 4.74 Å². The minimum atomic E-state index is -3.66. The fourth-order valence-corrected chi connectivity index (χ4v) is 4.83. The molecule has 1 saturated heterocycles. The van der Waals surface area contributed by atoms with Crippen molar-refractivity contribution in [2.45, 2.75) is 43.7 Å². The molecular weight excluding hydrogens is 348 g/mol. The third kappa shape index (κ3) is 3.21. The molecule has 1 aliphatic heterocycles. The van der Waals surface area contributed by atoms with Gasteiger partial charge in [0.25, 0.3) is 0 Å². The number of piperidine rings is 1. The maximum absolute atomic E-state index is 12.9. The number of carbonyl (C=O) groups is 1. The Kier molecular flexibility index (Phi) is 4.70. The zero-order valence-electron chi connectivity index (χ0n) is 14.1. The third-order valence-corrected chi connectivity index (χ3v) is 6.51. The highest BCUT2D eigenvalue weighted by Crippen LogP contribution is 2.27. The fourth-order valence-electron chi connectivity index (χ4n) is 3.11. The SMILES string of the molecule is COC(=O)Cn1c(=O)oc2cc(S(=O)(=O)N3CCCC[C@@H]3C)ccc21. The molecule has 2 aromatic rings. The van der Waals surface area contributed by atoms with E-state index in [1.54, 1.807) is 0 Å². The summed E-state index contributed by atoms with van der Waals surface area (Å²) >= 11 is 0. The predicted octanol–water partition coefficient (Wildman–Crippen LogP) is 1.33. The van der Waals surface area contributed by atoms with Crippen LogP contribution >= 0.6 is 0 Å². The van der Waals surface area contributed by atoms with Crippen molar-refractivity contribution in [2.24, 2.45) is 0 Å². The van der Waals surface area contributed by atoms with Gasteiger partial charge in [0.1, 0.15) is 6.54 Å². The van der Waals surface area contributed by atoms with Crippen molar-refractivity contribution in [1.29, 1.82) is 0 Å². The first-order valence-corrected chi connectivity index (χ1v) is 9.50. The predicted molar refractivity (Wildman–Crippen MR) is 89.7 cm³/mol. The molecule has 3 rings (SSSR count). The maximum Gasteiger partial charge on any atom is 0.420 e. The highest BCUT2D eigenvalue weighted by Gasteiger charge is 2.31. The van der Waals surface area contributed by atoms with Crippen molar-refractivity contribution in [3.05, 3.63) is 28.7 Å². The van der Waals surface area contributed by atoms with E-state index in [-0.39, 0.29) is 23.1 Å². The number of ether oxygens (including phenoxy) is 1. The number of sulfonamides is 1. The van der Waals surface area contributed by atoms with Gasteiger partial charge in [0.05, 0.1) is 17.5 Å². The molecular formula is C16H20N2O6S. The quantitative estimate of drug-likeness (QED) is 0.755. The van der Waals surface area contributed by atoms with Gasteiger partial charge in [0.15, 0.2) is 5.58 Å². The van der Waals surface area contributed by atoms with Crippen molar-refractivity contribution in [2.75, 3.05) is 13.7 Å². The number of esters is 1. The summed E-state index contributed by atoms with van der Waals surface area (Å²) in [6.07, 6.45) is 2.67. The van der Waals surface area contributed by atoms with Crippen LogP contribution in [0.2, 0.25) is 0 Å². The number of fused-ring (bicyclic) bond motifs is 1. The molecule has 1 aliphatic rings. The van der Waals surface area contributed by atoms with E-state index in [1.807, 2.05) is 6.92 Å². The molecule has 0 amide bonds. The van der Waals surface area contributed by atoms with Gasteiger partial charge in [-0.2, -0.15) is 4.31 Å². The van der Waals surface area contributed by atoms with Gasteiger partial charge >= 0.3 is 11.7 Å². The van der Waals surface area contributed by atoms with Gasteiger partial charge in [-0.05, 0) is 31.9 Å². The molecule has 0 unspecified atom stereocenters. The minimum Gasteiger partial charge on any atom is -0.468 e. The van der Waals surface area contributed by atoms with Crippen molar-refractivity contribution >= 4 is 27.1 Å². The van der Waals surface area contributed by atoms with Crippen LogP contribution in [0.1, 0.15) is 26.2 Å². The molecule has 0 N–H and O–H groups in total. The summed E-state index contributed by atoms with van der Waals surface area (Å²) in [5, 5.41) is 0. The van der Waals surface area contributed by atoms with Gasteiger partial charge in [0, 0.05) is 18.7 Å². The van der Waals surface area contributed by atoms with Crippen LogP contribution in [0.15, 0.2) is 32.3 Å². The molecule has 0 spiro atoms. The Bertz CT molecular complexity index is 959. The van der Waals surface area contributed by atoms with Crippen molar-refractivity contribution < 1.29 is 22.4 Å². The minimum absolute atomic E-state index is 0.0645. The first-order valence-electron chi connectivity index (χ1n) is 8.06. The van der Waals surface area contributed by atoms with Crippen LogP contribution in [0.25, 0.3) is 11.1 Å². The summed E-state index contributed by atoms with van der Waals surface area (Å²) in [6.45, 7) is 2.08. The molecule has 1 aromatic carbocycles. The standard InChI is InChI=1S/C16H20N2O6S/c1-11-5-3-4-8-18(11)25(21,22)12-6-7-13-14(9-12)24-16(20)17(13)10-15(19)23-2/h6-7,9,11H,3-5,8,10H2,1-2H3/t11-/m0/s1. The second-order valence-electron chi connectivity index (χ2n) is 6.12. The van der Waals surface area contributed by atoms with Crippen molar-refractivity contribution in [3.8, 4) is 0 Å². The molecule has 25 heavy (non-hydrogen) atoms. The van der Waals surface area contributed by atoms with E-state index in [1.165, 1.54) is 29.6 Å². The lowest BCUT2D eigenvalue weighted by atomic mass is 10.1. The van der Waals surface area contributed by atoms with Crippen LogP contribution in [0.3, 0.4) is 0 Å². The van der Waals surface area contributed by atoms with Gasteiger partial charge in [0.2, 0.25) is 10.0 Å². The van der Waals surface area contributed by atoms with Crippen LogP contribution in [0.4, 0.5) is 0 Å². The number of rotatable bonds is 4. The Morgan fingerprint density at radius 3 is 2.80 bits per heavy atom. The molecule has 0 saturated carbocycles. The van der Waals surface area contributed by atoms with E-state index in [0.717, 1.165) is 23.8 Å². The lowest BCUT2D eigenvalue weighted by Crippen LogP contribution is -2.41. The molecule has 8 nitrogen and oxygen atoms in total. The number of carbonyl (C=O) groups excluding carboxylic acids is 1. The first kappa shape index (κ1) is 17.7. The second kappa shape index (κ2) is 6.64. The molecule has 2 heterocycles. The van der Waals surface area contributed by atoms with Gasteiger partial charge in [-0.1, -0.05) is 6.42 Å². The molecule has 136 valence electrons. The summed E-state index contributed by atoms with van der Waals surface area (Å²) in [6, 6.07) is 4.18. The Hall–Kier alpha value is -2.13. The molecule has 0 radical (unpaired) electrons. The Labute approximate surface area is 145 Å². The van der Waals surface area contributed by atoms with Crippen LogP contribution in [-0.4, -0.2) is 43.0 Å². The average Bonchev–Trinajstić information content (AvgIpc) is 2.89. The molecule has 1 atom stereocenters. The largest absolute Gasteiger partial charge is 0.468 e. The topological polar surface area (TPSA) is 98.8 Å². The first-order chi connectivity index (χ1) is 11.8. The van der Waals surface area contributed by atoms with E-state index in [0.29, 0.717) is 12.1 Å².